The van der Waals surface area contributed by atoms with E-state index in [1.54, 1.807) is 11.9 Å². The minimum atomic E-state index is -0.678. The number of nitrogens with zero attached hydrogens (tertiary/aromatic N) is 1. The molecule has 31 heavy (non-hydrogen) atoms. The standard InChI is InChI=1S/C24H39N3O4/c1-4-9-15-12-13-18-20(19(15)22(29)25-3)24(31)27(17(5-2)14-28)21(18)23(30)26-16-10-7-6-8-11-16/h12-13,15-21,28H,4-11,14H2,1-3H3,(H,25,29)(H,26,30)/t15-,17+,18+,19-,20-,21+/m1/s1. The molecule has 0 radical (unpaired) electrons. The lowest BCUT2D eigenvalue weighted by Crippen LogP contribution is -2.54. The lowest BCUT2D eigenvalue weighted by Gasteiger charge is -2.35. The van der Waals surface area contributed by atoms with Gasteiger partial charge in [-0.05, 0) is 31.6 Å². The second-order valence-electron chi connectivity index (χ2n) is 9.36. The molecule has 1 saturated carbocycles. The number of aliphatic hydroxyl groups is 1. The Morgan fingerprint density at radius 1 is 1.16 bits per heavy atom. The fourth-order valence-corrected chi connectivity index (χ4v) is 5.92. The van der Waals surface area contributed by atoms with Crippen molar-refractivity contribution in [3.63, 3.8) is 0 Å². The minimum absolute atomic E-state index is 0.0219. The van der Waals surface area contributed by atoms with E-state index in [2.05, 4.69) is 17.6 Å². The summed E-state index contributed by atoms with van der Waals surface area (Å²) in [4.78, 5) is 41.7. The predicted molar refractivity (Wildman–Crippen MR) is 119 cm³/mol. The van der Waals surface area contributed by atoms with Crippen molar-refractivity contribution in [2.75, 3.05) is 13.7 Å². The number of amides is 3. The van der Waals surface area contributed by atoms with Gasteiger partial charge in [-0.2, -0.15) is 0 Å². The van der Waals surface area contributed by atoms with Gasteiger partial charge in [0.25, 0.3) is 0 Å². The third kappa shape index (κ3) is 4.66. The van der Waals surface area contributed by atoms with Gasteiger partial charge in [0.1, 0.15) is 6.04 Å². The Labute approximate surface area is 186 Å². The molecule has 7 heteroatoms. The Morgan fingerprint density at radius 3 is 2.45 bits per heavy atom. The molecule has 174 valence electrons. The zero-order valence-corrected chi connectivity index (χ0v) is 19.2. The topological polar surface area (TPSA) is 98.7 Å². The Morgan fingerprint density at radius 2 is 1.87 bits per heavy atom. The van der Waals surface area contributed by atoms with Gasteiger partial charge in [0.05, 0.1) is 24.5 Å². The summed E-state index contributed by atoms with van der Waals surface area (Å²) in [7, 11) is 1.60. The first-order valence-electron chi connectivity index (χ1n) is 12.1. The van der Waals surface area contributed by atoms with Crippen molar-refractivity contribution in [2.24, 2.45) is 23.7 Å². The quantitative estimate of drug-likeness (QED) is 0.510. The van der Waals surface area contributed by atoms with E-state index in [0.29, 0.717) is 6.42 Å². The van der Waals surface area contributed by atoms with Gasteiger partial charge in [0.15, 0.2) is 0 Å². The summed E-state index contributed by atoms with van der Waals surface area (Å²) in [6, 6.07) is -0.965. The zero-order chi connectivity index (χ0) is 22.5. The number of nitrogens with one attached hydrogen (secondary N) is 2. The van der Waals surface area contributed by atoms with Crippen LogP contribution in [-0.4, -0.2) is 59.5 Å². The van der Waals surface area contributed by atoms with Gasteiger partial charge in [-0.15, -0.1) is 0 Å². The van der Waals surface area contributed by atoms with Crippen molar-refractivity contribution >= 4 is 17.7 Å². The van der Waals surface area contributed by atoms with Gasteiger partial charge in [0, 0.05) is 19.0 Å². The van der Waals surface area contributed by atoms with E-state index < -0.39 is 23.9 Å². The molecule has 0 aromatic carbocycles. The molecule has 7 nitrogen and oxygen atoms in total. The summed E-state index contributed by atoms with van der Waals surface area (Å²) < 4.78 is 0. The summed E-state index contributed by atoms with van der Waals surface area (Å²) in [5, 5.41) is 15.9. The third-order valence-electron chi connectivity index (χ3n) is 7.51. The number of hydrogen-bond acceptors (Lipinski definition) is 4. The largest absolute Gasteiger partial charge is 0.394 e. The van der Waals surface area contributed by atoms with E-state index in [1.165, 1.54) is 6.42 Å². The molecule has 0 aromatic heterocycles. The highest BCUT2D eigenvalue weighted by atomic mass is 16.3. The highest BCUT2D eigenvalue weighted by Crippen LogP contribution is 2.46. The van der Waals surface area contributed by atoms with Gasteiger partial charge < -0.3 is 20.6 Å². The lowest BCUT2D eigenvalue weighted by atomic mass is 9.68. The van der Waals surface area contributed by atoms with Gasteiger partial charge in [0.2, 0.25) is 17.7 Å². The van der Waals surface area contributed by atoms with Gasteiger partial charge in [-0.25, -0.2) is 0 Å². The molecule has 6 atom stereocenters. The van der Waals surface area contributed by atoms with Crippen molar-refractivity contribution in [2.45, 2.75) is 83.3 Å². The Hall–Kier alpha value is -1.89. The van der Waals surface area contributed by atoms with E-state index in [0.717, 1.165) is 38.5 Å². The molecule has 3 amide bonds. The smallest absolute Gasteiger partial charge is 0.243 e. The summed E-state index contributed by atoms with van der Waals surface area (Å²) in [5.74, 6) is -1.89. The van der Waals surface area contributed by atoms with E-state index in [-0.39, 0.29) is 42.2 Å². The first-order chi connectivity index (χ1) is 15.0. The molecule has 2 fully saturated rings. The van der Waals surface area contributed by atoms with Crippen LogP contribution in [0.5, 0.6) is 0 Å². The number of carbonyl (C=O) groups excluding carboxylic acids is 3. The van der Waals surface area contributed by atoms with Crippen LogP contribution in [0.15, 0.2) is 12.2 Å². The van der Waals surface area contributed by atoms with Crippen molar-refractivity contribution < 1.29 is 19.5 Å². The summed E-state index contributed by atoms with van der Waals surface area (Å²) in [6.07, 6.45) is 11.7. The van der Waals surface area contributed by atoms with Gasteiger partial charge in [-0.1, -0.05) is 51.7 Å². The van der Waals surface area contributed by atoms with Crippen molar-refractivity contribution in [3.05, 3.63) is 12.2 Å². The molecule has 0 bridgehead atoms. The number of fused-ring (bicyclic) bond motifs is 1. The average molecular weight is 434 g/mol. The van der Waals surface area contributed by atoms with Crippen LogP contribution in [0.4, 0.5) is 0 Å². The number of rotatable bonds is 8. The van der Waals surface area contributed by atoms with E-state index in [1.807, 2.05) is 19.1 Å². The Kier molecular flexibility index (Phi) is 8.14. The molecule has 1 aliphatic heterocycles. The fraction of sp³-hybridized carbons (Fsp3) is 0.792. The van der Waals surface area contributed by atoms with Crippen LogP contribution >= 0.6 is 0 Å². The Bertz CT molecular complexity index is 684. The van der Waals surface area contributed by atoms with Crippen LogP contribution in [0.3, 0.4) is 0 Å². The second kappa shape index (κ2) is 10.6. The molecule has 1 saturated heterocycles. The highest BCUT2D eigenvalue weighted by Gasteiger charge is 2.58. The molecule has 0 aromatic rings. The van der Waals surface area contributed by atoms with Crippen LogP contribution in [0, 0.1) is 23.7 Å². The molecule has 0 unspecified atom stereocenters. The molecule has 3 aliphatic rings. The van der Waals surface area contributed by atoms with Crippen LogP contribution in [0.25, 0.3) is 0 Å². The van der Waals surface area contributed by atoms with E-state index in [4.69, 9.17) is 0 Å². The average Bonchev–Trinajstić information content (AvgIpc) is 3.07. The second-order valence-corrected chi connectivity index (χ2v) is 9.36. The number of aliphatic hydroxyl groups excluding tert-OH is 1. The molecule has 0 spiro atoms. The normalized spacial score (nSPS) is 31.9. The van der Waals surface area contributed by atoms with Crippen molar-refractivity contribution in [3.8, 4) is 0 Å². The predicted octanol–water partition coefficient (Wildman–Crippen LogP) is 2.00. The van der Waals surface area contributed by atoms with Crippen molar-refractivity contribution in [1.82, 2.24) is 15.5 Å². The maximum Gasteiger partial charge on any atom is 0.243 e. The SMILES string of the molecule is CCC[C@@H]1C=C[C@H]2[C@@H](C(=O)N([C@@H](CC)CO)[C@@H]2C(=O)NC2CCCCC2)[C@@H]1C(=O)NC. The van der Waals surface area contributed by atoms with Gasteiger partial charge in [-0.3, -0.25) is 14.4 Å². The summed E-state index contributed by atoms with van der Waals surface area (Å²) >= 11 is 0. The Balaban J connectivity index is 1.96. The van der Waals surface area contributed by atoms with Crippen LogP contribution in [0.2, 0.25) is 0 Å². The molecule has 3 N–H and O–H groups in total. The van der Waals surface area contributed by atoms with Crippen LogP contribution < -0.4 is 10.6 Å². The summed E-state index contributed by atoms with van der Waals surface area (Å²) in [5.41, 5.74) is 0. The van der Waals surface area contributed by atoms with E-state index in [9.17, 15) is 19.5 Å². The summed E-state index contributed by atoms with van der Waals surface area (Å²) in [6.45, 7) is 3.79. The maximum absolute atomic E-state index is 13.7. The third-order valence-corrected chi connectivity index (χ3v) is 7.51. The molecule has 1 heterocycles. The number of allylic oxidation sites excluding steroid dienone is 1. The van der Waals surface area contributed by atoms with Crippen LogP contribution in [0.1, 0.15) is 65.2 Å². The minimum Gasteiger partial charge on any atom is -0.394 e. The number of hydrogen-bond donors (Lipinski definition) is 3. The number of likely N-dealkylation sites (tertiary alicyclic amines) is 1. The first kappa shape index (κ1) is 23.8. The number of carbonyl (C=O) groups is 3. The lowest BCUT2D eigenvalue weighted by molar-refractivity contribution is -0.143. The highest BCUT2D eigenvalue weighted by molar-refractivity contribution is 5.97. The molecular weight excluding hydrogens is 394 g/mol. The molecule has 2 aliphatic carbocycles. The zero-order valence-electron chi connectivity index (χ0n) is 19.2. The maximum atomic E-state index is 13.7. The van der Waals surface area contributed by atoms with E-state index >= 15 is 0 Å². The fourth-order valence-electron chi connectivity index (χ4n) is 5.92. The monoisotopic (exact) mass is 433 g/mol. The van der Waals surface area contributed by atoms with Crippen molar-refractivity contribution in [1.29, 1.82) is 0 Å². The molecule has 3 rings (SSSR count). The first-order valence-corrected chi connectivity index (χ1v) is 12.1. The van der Waals surface area contributed by atoms with Crippen LogP contribution in [-0.2, 0) is 14.4 Å². The molecular formula is C24H39N3O4. The van der Waals surface area contributed by atoms with Gasteiger partial charge >= 0.3 is 0 Å².